The molecule has 0 saturated carbocycles. The molecule has 1 aromatic heterocycles. The Labute approximate surface area is 165 Å². The Morgan fingerprint density at radius 1 is 1.36 bits per heavy atom. The zero-order chi connectivity index (χ0) is 20.3. The predicted octanol–water partition coefficient (Wildman–Crippen LogP) is 1.39. The number of carbonyl (C=O) groups is 2. The second-order valence-corrected chi connectivity index (χ2v) is 8.19. The van der Waals surface area contributed by atoms with Gasteiger partial charge in [0.1, 0.15) is 0 Å². The van der Waals surface area contributed by atoms with Crippen LogP contribution in [0.2, 0.25) is 0 Å². The van der Waals surface area contributed by atoms with Crippen molar-refractivity contribution < 1.29 is 19.4 Å². The second-order valence-electron chi connectivity index (χ2n) is 8.19. The SMILES string of the molecule is COc1ncc(C(=O)N2[C@@H]3CC[C@H]2[C@@](CCC(C)C)(C(=O)NCCO)C3)cn1. The Hall–Kier alpha value is -2.22. The molecule has 2 amide bonds. The van der Waals surface area contributed by atoms with Gasteiger partial charge in [-0.3, -0.25) is 9.59 Å². The van der Waals surface area contributed by atoms with Crippen molar-refractivity contribution in [3.8, 4) is 6.01 Å². The summed E-state index contributed by atoms with van der Waals surface area (Å²) < 4.78 is 4.96. The molecule has 2 fully saturated rings. The lowest BCUT2D eigenvalue weighted by molar-refractivity contribution is -0.133. The molecule has 2 N–H and O–H groups in total. The van der Waals surface area contributed by atoms with Crippen molar-refractivity contribution in [3.05, 3.63) is 18.0 Å². The maximum atomic E-state index is 13.2. The van der Waals surface area contributed by atoms with Crippen LogP contribution >= 0.6 is 0 Å². The number of ether oxygens (including phenoxy) is 1. The average Bonchev–Trinajstić information content (AvgIpc) is 3.26. The summed E-state index contributed by atoms with van der Waals surface area (Å²) in [5, 5.41) is 12.0. The molecule has 154 valence electrons. The summed E-state index contributed by atoms with van der Waals surface area (Å²) in [6.07, 6.45) is 7.02. The maximum absolute atomic E-state index is 13.2. The van der Waals surface area contributed by atoms with Gasteiger partial charge in [0, 0.05) is 31.0 Å². The Morgan fingerprint density at radius 2 is 2.07 bits per heavy atom. The van der Waals surface area contributed by atoms with Crippen molar-refractivity contribution in [1.29, 1.82) is 0 Å². The quantitative estimate of drug-likeness (QED) is 0.695. The highest BCUT2D eigenvalue weighted by Crippen LogP contribution is 2.53. The van der Waals surface area contributed by atoms with E-state index in [1.165, 1.54) is 19.5 Å². The smallest absolute Gasteiger partial charge is 0.316 e. The maximum Gasteiger partial charge on any atom is 0.316 e. The monoisotopic (exact) mass is 390 g/mol. The van der Waals surface area contributed by atoms with Crippen LogP contribution in [0.3, 0.4) is 0 Å². The first-order chi connectivity index (χ1) is 13.4. The minimum Gasteiger partial charge on any atom is -0.467 e. The van der Waals surface area contributed by atoms with Crippen molar-refractivity contribution in [3.63, 3.8) is 0 Å². The van der Waals surface area contributed by atoms with Gasteiger partial charge < -0.3 is 20.1 Å². The van der Waals surface area contributed by atoms with Gasteiger partial charge in [0.15, 0.2) is 0 Å². The topological polar surface area (TPSA) is 105 Å². The van der Waals surface area contributed by atoms with E-state index in [2.05, 4.69) is 29.1 Å². The zero-order valence-corrected chi connectivity index (χ0v) is 16.9. The summed E-state index contributed by atoms with van der Waals surface area (Å²) >= 11 is 0. The van der Waals surface area contributed by atoms with Gasteiger partial charge in [-0.15, -0.1) is 0 Å². The van der Waals surface area contributed by atoms with Crippen LogP contribution in [0.1, 0.15) is 56.3 Å². The standard InChI is InChI=1S/C20H30N4O4/c1-13(2)6-7-20(18(27)21-8-9-25)10-15-4-5-16(20)24(15)17(26)14-11-22-19(28-3)23-12-14/h11-13,15-16,25H,4-10H2,1-3H3,(H,21,27)/t15-,16+,20+/m1/s1. The molecular formula is C20H30N4O4. The van der Waals surface area contributed by atoms with E-state index in [9.17, 15) is 9.59 Å². The highest BCUT2D eigenvalue weighted by molar-refractivity contribution is 5.96. The van der Waals surface area contributed by atoms with Crippen LogP contribution in [0, 0.1) is 11.3 Å². The second kappa shape index (κ2) is 8.43. The first-order valence-electron chi connectivity index (χ1n) is 10.0. The number of nitrogens with zero attached hydrogens (tertiary/aromatic N) is 3. The molecule has 0 radical (unpaired) electrons. The number of aliphatic hydroxyl groups excluding tert-OH is 1. The molecule has 8 heteroatoms. The number of carbonyl (C=O) groups excluding carboxylic acids is 2. The first-order valence-corrected chi connectivity index (χ1v) is 10.0. The zero-order valence-electron chi connectivity index (χ0n) is 16.9. The van der Waals surface area contributed by atoms with E-state index < -0.39 is 5.41 Å². The van der Waals surface area contributed by atoms with E-state index in [0.717, 1.165) is 25.7 Å². The average molecular weight is 390 g/mol. The lowest BCUT2D eigenvalue weighted by Gasteiger charge is -2.36. The lowest BCUT2D eigenvalue weighted by atomic mass is 9.69. The van der Waals surface area contributed by atoms with Crippen LogP contribution in [0.25, 0.3) is 0 Å². The van der Waals surface area contributed by atoms with Gasteiger partial charge in [-0.2, -0.15) is 0 Å². The van der Waals surface area contributed by atoms with Crippen molar-refractivity contribution in [1.82, 2.24) is 20.2 Å². The number of nitrogens with one attached hydrogen (secondary N) is 1. The predicted molar refractivity (Wildman–Crippen MR) is 103 cm³/mol. The number of aliphatic hydroxyl groups is 1. The number of methoxy groups -OCH3 is 1. The Kier molecular flexibility index (Phi) is 6.17. The fourth-order valence-electron chi connectivity index (χ4n) is 4.69. The van der Waals surface area contributed by atoms with Crippen LogP contribution in [-0.4, -0.2) is 64.1 Å². The summed E-state index contributed by atoms with van der Waals surface area (Å²) in [6, 6.07) is 0.131. The normalized spacial score (nSPS) is 26.0. The van der Waals surface area contributed by atoms with Crippen LogP contribution in [0.5, 0.6) is 6.01 Å². The Bertz CT molecular complexity index is 709. The van der Waals surface area contributed by atoms with Crippen molar-refractivity contribution in [2.75, 3.05) is 20.3 Å². The van der Waals surface area contributed by atoms with Crippen LogP contribution in [0.4, 0.5) is 0 Å². The van der Waals surface area contributed by atoms with Gasteiger partial charge in [0.25, 0.3) is 5.91 Å². The van der Waals surface area contributed by atoms with Gasteiger partial charge in [0.2, 0.25) is 5.91 Å². The van der Waals surface area contributed by atoms with E-state index in [-0.39, 0.29) is 43.1 Å². The molecule has 0 spiro atoms. The van der Waals surface area contributed by atoms with Gasteiger partial charge in [-0.05, 0) is 38.0 Å². The summed E-state index contributed by atoms with van der Waals surface area (Å²) in [5.41, 5.74) is -0.182. The highest BCUT2D eigenvalue weighted by Gasteiger charge is 2.60. The van der Waals surface area contributed by atoms with Crippen molar-refractivity contribution in [2.45, 2.75) is 58.0 Å². The summed E-state index contributed by atoms with van der Waals surface area (Å²) in [5.74, 6) is 0.301. The van der Waals surface area contributed by atoms with Crippen LogP contribution < -0.4 is 10.1 Å². The van der Waals surface area contributed by atoms with Crippen molar-refractivity contribution >= 4 is 11.8 Å². The first kappa shape index (κ1) is 20.5. The Balaban J connectivity index is 1.86. The molecule has 2 saturated heterocycles. The van der Waals surface area contributed by atoms with Gasteiger partial charge in [-0.1, -0.05) is 13.8 Å². The van der Waals surface area contributed by atoms with Gasteiger partial charge in [0.05, 0.1) is 24.7 Å². The number of aromatic nitrogens is 2. The third-order valence-corrected chi connectivity index (χ3v) is 6.05. The fourth-order valence-corrected chi connectivity index (χ4v) is 4.69. The highest BCUT2D eigenvalue weighted by atomic mass is 16.5. The molecule has 3 rings (SSSR count). The molecule has 1 aromatic rings. The van der Waals surface area contributed by atoms with E-state index in [1.807, 2.05) is 4.90 Å². The number of hydrogen-bond donors (Lipinski definition) is 2. The molecule has 2 aliphatic heterocycles. The van der Waals surface area contributed by atoms with Gasteiger partial charge in [-0.25, -0.2) is 9.97 Å². The summed E-state index contributed by atoms with van der Waals surface area (Å²) in [7, 11) is 1.48. The molecule has 3 atom stereocenters. The summed E-state index contributed by atoms with van der Waals surface area (Å²) in [6.45, 7) is 4.43. The molecule has 2 bridgehead atoms. The molecular weight excluding hydrogens is 360 g/mol. The number of rotatable bonds is 8. The van der Waals surface area contributed by atoms with Gasteiger partial charge >= 0.3 is 6.01 Å². The van der Waals surface area contributed by atoms with Crippen LogP contribution in [0.15, 0.2) is 12.4 Å². The molecule has 0 aliphatic carbocycles. The number of fused-ring (bicyclic) bond motifs is 2. The number of amides is 2. The van der Waals surface area contributed by atoms with E-state index in [4.69, 9.17) is 9.84 Å². The number of hydrogen-bond acceptors (Lipinski definition) is 6. The third kappa shape index (κ3) is 3.70. The minimum absolute atomic E-state index is 0.0434. The van der Waals surface area contributed by atoms with E-state index in [1.54, 1.807) is 0 Å². The molecule has 2 aliphatic rings. The molecule has 8 nitrogen and oxygen atoms in total. The molecule has 0 unspecified atom stereocenters. The third-order valence-electron chi connectivity index (χ3n) is 6.05. The molecule has 3 heterocycles. The molecule has 28 heavy (non-hydrogen) atoms. The van der Waals surface area contributed by atoms with Crippen molar-refractivity contribution in [2.24, 2.45) is 11.3 Å². The lowest BCUT2D eigenvalue weighted by Crippen LogP contribution is -2.50. The van der Waals surface area contributed by atoms with E-state index >= 15 is 0 Å². The fraction of sp³-hybridized carbons (Fsp3) is 0.700. The van der Waals surface area contributed by atoms with Crippen LogP contribution in [-0.2, 0) is 4.79 Å². The Morgan fingerprint density at radius 3 is 2.68 bits per heavy atom. The largest absolute Gasteiger partial charge is 0.467 e. The van der Waals surface area contributed by atoms with E-state index in [0.29, 0.717) is 17.9 Å². The summed E-state index contributed by atoms with van der Waals surface area (Å²) in [4.78, 5) is 36.3. The molecule has 0 aromatic carbocycles. The minimum atomic E-state index is -0.592.